The summed E-state index contributed by atoms with van der Waals surface area (Å²) in [5.41, 5.74) is 0. The van der Waals surface area contributed by atoms with Gasteiger partial charge in [0.2, 0.25) is 0 Å². The molecule has 0 aliphatic heterocycles. The van der Waals surface area contributed by atoms with Gasteiger partial charge in [-0.05, 0) is 83.5 Å². The van der Waals surface area contributed by atoms with Crippen LogP contribution in [0.3, 0.4) is 0 Å². The zero-order valence-electron chi connectivity index (χ0n) is 52.9. The summed E-state index contributed by atoms with van der Waals surface area (Å²) in [4.78, 5) is 38.4. The standard InChI is InChI=1S/C73H132O6/c1-4-7-10-13-16-19-22-25-28-30-32-34-35-36-37-39-40-42-45-48-51-54-57-60-63-66-72(75)78-69-70(68-77-71(74)65-62-59-56-53-50-47-44-27-24-21-18-15-12-9-6-3)79-73(76)67-64-61-58-55-52-49-46-43-41-38-33-31-29-26-23-20-17-14-11-8-5-2/h9,12,18,21,23,26-27,31,33,44,70H,4-8,10-11,13-17,19-20,22,24-25,28-30,32,34-43,45-69H2,1-3H3/b12-9-,21-18-,26-23-,33-31-,44-27-. The summed E-state index contributed by atoms with van der Waals surface area (Å²) < 4.78 is 17.0. The molecule has 0 rings (SSSR count). The highest BCUT2D eigenvalue weighted by Gasteiger charge is 2.19. The molecule has 0 bridgehead atoms. The van der Waals surface area contributed by atoms with Crippen LogP contribution in [0.5, 0.6) is 0 Å². The molecule has 0 aromatic carbocycles. The number of unbranched alkanes of at least 4 members (excludes halogenated alkanes) is 43. The van der Waals surface area contributed by atoms with Crippen molar-refractivity contribution < 1.29 is 28.6 Å². The van der Waals surface area contributed by atoms with E-state index in [-0.39, 0.29) is 31.1 Å². The van der Waals surface area contributed by atoms with Crippen LogP contribution in [0.25, 0.3) is 0 Å². The van der Waals surface area contributed by atoms with Crippen molar-refractivity contribution >= 4 is 17.9 Å². The summed E-state index contributed by atoms with van der Waals surface area (Å²) in [7, 11) is 0. The molecule has 0 saturated carbocycles. The number of hydrogen-bond acceptors (Lipinski definition) is 6. The number of carbonyl (C=O) groups excluding carboxylic acids is 3. The third kappa shape index (κ3) is 65.8. The average Bonchev–Trinajstić information content (AvgIpc) is 3.45. The summed E-state index contributed by atoms with van der Waals surface area (Å²) in [5.74, 6) is -0.878. The Labute approximate surface area is 491 Å². The van der Waals surface area contributed by atoms with E-state index >= 15 is 0 Å². The number of esters is 3. The van der Waals surface area contributed by atoms with E-state index in [4.69, 9.17) is 14.2 Å². The molecule has 0 aliphatic rings. The highest BCUT2D eigenvalue weighted by atomic mass is 16.6. The van der Waals surface area contributed by atoms with Gasteiger partial charge >= 0.3 is 17.9 Å². The van der Waals surface area contributed by atoms with Gasteiger partial charge in [-0.3, -0.25) is 14.4 Å². The Bertz CT molecular complexity index is 1410. The second-order valence-electron chi connectivity index (χ2n) is 23.4. The quantitative estimate of drug-likeness (QED) is 0.0261. The van der Waals surface area contributed by atoms with Crippen LogP contribution in [-0.4, -0.2) is 37.2 Å². The highest BCUT2D eigenvalue weighted by molar-refractivity contribution is 5.71. The Kier molecular flexibility index (Phi) is 65.1. The van der Waals surface area contributed by atoms with Crippen LogP contribution in [0.15, 0.2) is 60.8 Å². The van der Waals surface area contributed by atoms with E-state index in [0.717, 1.165) is 103 Å². The Hall–Kier alpha value is -2.89. The van der Waals surface area contributed by atoms with Gasteiger partial charge in [-0.1, -0.05) is 326 Å². The first-order valence-corrected chi connectivity index (χ1v) is 34.8. The zero-order chi connectivity index (χ0) is 57.1. The number of ether oxygens (including phenoxy) is 3. The van der Waals surface area contributed by atoms with Gasteiger partial charge in [0.25, 0.3) is 0 Å². The van der Waals surface area contributed by atoms with Gasteiger partial charge in [0.15, 0.2) is 6.10 Å². The van der Waals surface area contributed by atoms with E-state index in [1.807, 2.05) is 0 Å². The first-order chi connectivity index (χ1) is 39.0. The first-order valence-electron chi connectivity index (χ1n) is 34.8. The fourth-order valence-electron chi connectivity index (χ4n) is 10.3. The number of hydrogen-bond donors (Lipinski definition) is 0. The maximum Gasteiger partial charge on any atom is 0.306 e. The van der Waals surface area contributed by atoms with Crippen LogP contribution in [0.2, 0.25) is 0 Å². The smallest absolute Gasteiger partial charge is 0.306 e. The van der Waals surface area contributed by atoms with Gasteiger partial charge < -0.3 is 14.2 Å². The Morgan fingerprint density at radius 3 is 0.772 bits per heavy atom. The van der Waals surface area contributed by atoms with Crippen molar-refractivity contribution in [3.05, 3.63) is 60.8 Å². The topological polar surface area (TPSA) is 78.9 Å². The molecule has 460 valence electrons. The van der Waals surface area contributed by atoms with Crippen LogP contribution in [-0.2, 0) is 28.6 Å². The van der Waals surface area contributed by atoms with Crippen LogP contribution < -0.4 is 0 Å². The summed E-state index contributed by atoms with van der Waals surface area (Å²) in [6.45, 7) is 6.56. The SMILES string of the molecule is CC/C=C\C/C=C\C/C=C\CCCCCCCC(=O)OCC(COC(=O)CCCCCCCCCCCCCCCCCCCCCCCCCCC)OC(=O)CCCCCCCCCCC/C=C\C/C=C\CCCCCCC. The van der Waals surface area contributed by atoms with Gasteiger partial charge in [-0.25, -0.2) is 0 Å². The number of allylic oxidation sites excluding steroid dienone is 10. The molecule has 0 aromatic heterocycles. The van der Waals surface area contributed by atoms with Crippen LogP contribution in [0.1, 0.15) is 367 Å². The van der Waals surface area contributed by atoms with Gasteiger partial charge in [0, 0.05) is 19.3 Å². The molecule has 0 radical (unpaired) electrons. The molecule has 1 atom stereocenters. The van der Waals surface area contributed by atoms with Crippen LogP contribution in [0.4, 0.5) is 0 Å². The van der Waals surface area contributed by atoms with Gasteiger partial charge in [-0.15, -0.1) is 0 Å². The van der Waals surface area contributed by atoms with E-state index in [1.165, 1.54) is 225 Å². The molecule has 0 amide bonds. The van der Waals surface area contributed by atoms with Crippen molar-refractivity contribution in [1.82, 2.24) is 0 Å². The van der Waals surface area contributed by atoms with E-state index in [0.29, 0.717) is 19.3 Å². The molecule has 0 N–H and O–H groups in total. The Morgan fingerprint density at radius 2 is 0.494 bits per heavy atom. The average molecular weight is 1110 g/mol. The third-order valence-corrected chi connectivity index (χ3v) is 15.5. The predicted molar refractivity (Wildman–Crippen MR) is 344 cm³/mol. The molecule has 0 spiro atoms. The van der Waals surface area contributed by atoms with Crippen molar-refractivity contribution in [2.75, 3.05) is 13.2 Å². The van der Waals surface area contributed by atoms with Gasteiger partial charge in [-0.2, -0.15) is 0 Å². The lowest BCUT2D eigenvalue weighted by Gasteiger charge is -2.18. The molecular formula is C73H132O6. The largest absolute Gasteiger partial charge is 0.462 e. The normalized spacial score (nSPS) is 12.4. The fourth-order valence-corrected chi connectivity index (χ4v) is 10.3. The van der Waals surface area contributed by atoms with Crippen molar-refractivity contribution in [1.29, 1.82) is 0 Å². The van der Waals surface area contributed by atoms with Crippen molar-refractivity contribution in [3.63, 3.8) is 0 Å². The summed E-state index contributed by atoms with van der Waals surface area (Å²) >= 11 is 0. The van der Waals surface area contributed by atoms with Crippen molar-refractivity contribution in [2.45, 2.75) is 374 Å². The molecule has 0 fully saturated rings. The molecule has 79 heavy (non-hydrogen) atoms. The second-order valence-corrected chi connectivity index (χ2v) is 23.4. The molecule has 6 heteroatoms. The van der Waals surface area contributed by atoms with Crippen LogP contribution >= 0.6 is 0 Å². The molecule has 0 saturated heterocycles. The molecule has 0 aromatic rings. The minimum Gasteiger partial charge on any atom is -0.462 e. The molecule has 0 aliphatic carbocycles. The lowest BCUT2D eigenvalue weighted by Crippen LogP contribution is -2.30. The number of carbonyl (C=O) groups is 3. The summed E-state index contributed by atoms with van der Waals surface area (Å²) in [5, 5.41) is 0. The second kappa shape index (κ2) is 67.6. The lowest BCUT2D eigenvalue weighted by molar-refractivity contribution is -0.167. The van der Waals surface area contributed by atoms with Crippen LogP contribution in [0, 0.1) is 0 Å². The van der Waals surface area contributed by atoms with E-state index < -0.39 is 6.10 Å². The maximum atomic E-state index is 12.9. The minimum atomic E-state index is -0.784. The van der Waals surface area contributed by atoms with E-state index in [2.05, 4.69) is 81.5 Å². The maximum absolute atomic E-state index is 12.9. The molecular weight excluding hydrogens is 973 g/mol. The first kappa shape index (κ1) is 76.1. The summed E-state index contributed by atoms with van der Waals surface area (Å²) in [6, 6.07) is 0. The molecule has 6 nitrogen and oxygen atoms in total. The zero-order valence-corrected chi connectivity index (χ0v) is 52.9. The Morgan fingerprint density at radius 1 is 0.266 bits per heavy atom. The molecule has 0 heterocycles. The third-order valence-electron chi connectivity index (χ3n) is 15.5. The lowest BCUT2D eigenvalue weighted by atomic mass is 10.0. The monoisotopic (exact) mass is 1110 g/mol. The van der Waals surface area contributed by atoms with Gasteiger partial charge in [0.1, 0.15) is 13.2 Å². The van der Waals surface area contributed by atoms with Gasteiger partial charge in [0.05, 0.1) is 0 Å². The van der Waals surface area contributed by atoms with E-state index in [9.17, 15) is 14.4 Å². The number of rotatable bonds is 64. The Balaban J connectivity index is 4.29. The predicted octanol–water partition coefficient (Wildman–Crippen LogP) is 23.9. The molecule has 1 unspecified atom stereocenters. The fraction of sp³-hybridized carbons (Fsp3) is 0.822. The highest BCUT2D eigenvalue weighted by Crippen LogP contribution is 2.18. The minimum absolute atomic E-state index is 0.0781. The summed E-state index contributed by atoms with van der Waals surface area (Å²) in [6.07, 6.45) is 86.8. The van der Waals surface area contributed by atoms with Crippen molar-refractivity contribution in [2.24, 2.45) is 0 Å². The van der Waals surface area contributed by atoms with Crippen molar-refractivity contribution in [3.8, 4) is 0 Å². The van der Waals surface area contributed by atoms with E-state index in [1.54, 1.807) is 0 Å².